The summed E-state index contributed by atoms with van der Waals surface area (Å²) in [5.41, 5.74) is -2.41. The SMILES string of the molecule is O=S(=O)(Oc1ccc2c(c1)OCC1=C2C(C2CC2)Oc2cc(O)ccc21)C(F)(F)F. The Hall–Kier alpha value is -2.88. The zero-order valence-electron chi connectivity index (χ0n) is 15.3. The number of ether oxygens (including phenoxy) is 2. The van der Waals surface area contributed by atoms with Gasteiger partial charge in [-0.15, -0.1) is 0 Å². The Morgan fingerprint density at radius 1 is 1.03 bits per heavy atom. The van der Waals surface area contributed by atoms with Gasteiger partial charge >= 0.3 is 15.6 Å². The molecule has 0 amide bonds. The van der Waals surface area contributed by atoms with Crippen LogP contribution < -0.4 is 13.7 Å². The van der Waals surface area contributed by atoms with Crippen molar-refractivity contribution in [3.63, 3.8) is 0 Å². The van der Waals surface area contributed by atoms with Crippen LogP contribution in [-0.2, 0) is 10.1 Å². The fourth-order valence-electron chi connectivity index (χ4n) is 3.79. The number of rotatable bonds is 3. The zero-order valence-corrected chi connectivity index (χ0v) is 16.1. The number of phenols is 1. The second-order valence-corrected chi connectivity index (χ2v) is 8.92. The monoisotopic (exact) mass is 440 g/mol. The van der Waals surface area contributed by atoms with Gasteiger partial charge < -0.3 is 18.8 Å². The van der Waals surface area contributed by atoms with Gasteiger partial charge in [0.05, 0.1) is 0 Å². The van der Waals surface area contributed by atoms with Crippen LogP contribution in [0, 0.1) is 5.92 Å². The molecule has 6 nitrogen and oxygen atoms in total. The highest BCUT2D eigenvalue weighted by Gasteiger charge is 2.49. The molecule has 2 aromatic carbocycles. The van der Waals surface area contributed by atoms with Crippen LogP contribution in [0.4, 0.5) is 13.2 Å². The van der Waals surface area contributed by atoms with Crippen LogP contribution in [0.25, 0.3) is 11.1 Å². The first-order valence-corrected chi connectivity index (χ1v) is 10.6. The molecule has 0 aromatic heterocycles. The van der Waals surface area contributed by atoms with Gasteiger partial charge in [0.2, 0.25) is 0 Å². The molecule has 1 fully saturated rings. The lowest BCUT2D eigenvalue weighted by molar-refractivity contribution is -0.0500. The Labute approximate surface area is 169 Å². The fourth-order valence-corrected chi connectivity index (χ4v) is 4.24. The lowest BCUT2D eigenvalue weighted by atomic mass is 9.85. The first-order chi connectivity index (χ1) is 14.1. The largest absolute Gasteiger partial charge is 0.534 e. The Kier molecular flexibility index (Phi) is 4.02. The summed E-state index contributed by atoms with van der Waals surface area (Å²) in [5.74, 6) is 0.643. The smallest absolute Gasteiger partial charge is 0.508 e. The fraction of sp³-hybridized carbons (Fsp3) is 0.300. The molecule has 0 bridgehead atoms. The summed E-state index contributed by atoms with van der Waals surface area (Å²) in [6.07, 6.45) is 1.65. The molecule has 2 heterocycles. The molecule has 10 heteroatoms. The van der Waals surface area contributed by atoms with E-state index in [9.17, 15) is 26.7 Å². The van der Waals surface area contributed by atoms with Crippen molar-refractivity contribution >= 4 is 21.3 Å². The Balaban J connectivity index is 1.58. The summed E-state index contributed by atoms with van der Waals surface area (Å²) < 4.78 is 76.5. The van der Waals surface area contributed by atoms with Crippen LogP contribution in [0.1, 0.15) is 24.0 Å². The van der Waals surface area contributed by atoms with E-state index in [0.29, 0.717) is 11.3 Å². The van der Waals surface area contributed by atoms with E-state index in [4.69, 9.17) is 9.47 Å². The molecule has 0 radical (unpaired) electrons. The van der Waals surface area contributed by atoms with Crippen molar-refractivity contribution in [2.24, 2.45) is 5.92 Å². The number of hydrogen-bond donors (Lipinski definition) is 1. The summed E-state index contributed by atoms with van der Waals surface area (Å²) in [6, 6.07) is 8.60. The van der Waals surface area contributed by atoms with Crippen molar-refractivity contribution in [3.05, 3.63) is 47.5 Å². The number of benzene rings is 2. The Morgan fingerprint density at radius 2 is 1.77 bits per heavy atom. The van der Waals surface area contributed by atoms with Gasteiger partial charge in [0.1, 0.15) is 35.7 Å². The van der Waals surface area contributed by atoms with E-state index >= 15 is 0 Å². The van der Waals surface area contributed by atoms with E-state index in [-0.39, 0.29) is 30.1 Å². The molecule has 3 aliphatic rings. The average molecular weight is 440 g/mol. The standard InChI is InChI=1S/C20H15F3O6S/c21-20(22,23)30(25,26)29-12-4-6-14-16(8-12)27-9-15-13-5-3-11(24)7-17(13)28-19(18(14)15)10-1-2-10/h3-8,10,19,24H,1-2,9H2. The molecular formula is C20H15F3O6S. The molecule has 2 aromatic rings. The molecule has 1 aliphatic carbocycles. The number of fused-ring (bicyclic) bond motifs is 4. The highest BCUT2D eigenvalue weighted by Crippen LogP contribution is 2.52. The summed E-state index contributed by atoms with van der Waals surface area (Å²) in [7, 11) is -5.77. The lowest BCUT2D eigenvalue weighted by Gasteiger charge is -2.35. The van der Waals surface area contributed by atoms with E-state index < -0.39 is 21.4 Å². The van der Waals surface area contributed by atoms with E-state index in [1.807, 2.05) is 0 Å². The normalized spacial score (nSPS) is 20.4. The number of halogens is 3. The van der Waals surface area contributed by atoms with Crippen LogP contribution in [-0.4, -0.2) is 31.7 Å². The van der Waals surface area contributed by atoms with E-state index in [1.165, 1.54) is 6.07 Å². The first kappa shape index (κ1) is 19.1. The number of phenolic OH excluding ortho intramolecular Hbond substituents is 1. The maximum Gasteiger partial charge on any atom is 0.534 e. The molecule has 0 spiro atoms. The van der Waals surface area contributed by atoms with Crippen LogP contribution in [0.5, 0.6) is 23.0 Å². The molecule has 0 saturated heterocycles. The van der Waals surface area contributed by atoms with Crippen molar-refractivity contribution in [2.45, 2.75) is 24.5 Å². The molecule has 1 atom stereocenters. The maximum absolute atomic E-state index is 12.6. The molecule has 5 rings (SSSR count). The van der Waals surface area contributed by atoms with Crippen molar-refractivity contribution < 1.29 is 40.4 Å². The van der Waals surface area contributed by atoms with Gasteiger partial charge in [0.15, 0.2) is 0 Å². The maximum atomic E-state index is 12.6. The highest BCUT2D eigenvalue weighted by molar-refractivity contribution is 7.88. The van der Waals surface area contributed by atoms with Crippen LogP contribution in [0.2, 0.25) is 0 Å². The van der Waals surface area contributed by atoms with E-state index in [0.717, 1.165) is 41.7 Å². The van der Waals surface area contributed by atoms with E-state index in [1.54, 1.807) is 18.2 Å². The Morgan fingerprint density at radius 3 is 2.47 bits per heavy atom. The second kappa shape index (κ2) is 6.31. The van der Waals surface area contributed by atoms with Gasteiger partial charge in [-0.05, 0) is 37.1 Å². The van der Waals surface area contributed by atoms with Gasteiger partial charge in [-0.1, -0.05) is 0 Å². The van der Waals surface area contributed by atoms with Crippen LogP contribution >= 0.6 is 0 Å². The molecular weight excluding hydrogens is 425 g/mol. The molecule has 1 N–H and O–H groups in total. The third kappa shape index (κ3) is 3.06. The first-order valence-electron chi connectivity index (χ1n) is 9.15. The predicted molar refractivity (Wildman–Crippen MR) is 99.6 cm³/mol. The minimum atomic E-state index is -5.77. The average Bonchev–Trinajstić information content (AvgIpc) is 3.50. The van der Waals surface area contributed by atoms with Crippen molar-refractivity contribution in [1.82, 2.24) is 0 Å². The second-order valence-electron chi connectivity index (χ2n) is 7.38. The molecule has 158 valence electrons. The van der Waals surface area contributed by atoms with Gasteiger partial charge in [-0.3, -0.25) is 0 Å². The van der Waals surface area contributed by atoms with Gasteiger partial charge in [0.25, 0.3) is 0 Å². The molecule has 2 aliphatic heterocycles. The number of hydrogen-bond acceptors (Lipinski definition) is 6. The summed E-state index contributed by atoms with van der Waals surface area (Å²) in [6.45, 7) is 0.127. The molecule has 1 saturated carbocycles. The van der Waals surface area contributed by atoms with Gasteiger partial charge in [-0.2, -0.15) is 21.6 Å². The quantitative estimate of drug-likeness (QED) is 0.572. The summed E-state index contributed by atoms with van der Waals surface area (Å²) >= 11 is 0. The number of aromatic hydroxyl groups is 1. The Bertz CT molecular complexity index is 1180. The van der Waals surface area contributed by atoms with Crippen molar-refractivity contribution in [2.75, 3.05) is 6.61 Å². The number of alkyl halides is 3. The van der Waals surface area contributed by atoms with Crippen molar-refractivity contribution in [1.29, 1.82) is 0 Å². The summed E-state index contributed by atoms with van der Waals surface area (Å²) in [5, 5.41) is 9.79. The third-order valence-electron chi connectivity index (χ3n) is 5.31. The van der Waals surface area contributed by atoms with E-state index in [2.05, 4.69) is 4.18 Å². The van der Waals surface area contributed by atoms with Crippen molar-refractivity contribution in [3.8, 4) is 23.0 Å². The highest BCUT2D eigenvalue weighted by atomic mass is 32.2. The molecule has 1 unspecified atom stereocenters. The lowest BCUT2D eigenvalue weighted by Crippen LogP contribution is -2.30. The van der Waals surface area contributed by atoms with Gasteiger partial charge in [0, 0.05) is 40.3 Å². The minimum absolute atomic E-state index is 0.0807. The molecule has 30 heavy (non-hydrogen) atoms. The third-order valence-corrected chi connectivity index (χ3v) is 6.29. The predicted octanol–water partition coefficient (Wildman–Crippen LogP) is 4.09. The van der Waals surface area contributed by atoms with Crippen LogP contribution in [0.3, 0.4) is 0 Å². The van der Waals surface area contributed by atoms with Gasteiger partial charge in [-0.25, -0.2) is 0 Å². The summed E-state index contributed by atoms with van der Waals surface area (Å²) in [4.78, 5) is 0. The van der Waals surface area contributed by atoms with Crippen LogP contribution in [0.15, 0.2) is 36.4 Å². The minimum Gasteiger partial charge on any atom is -0.508 e. The topological polar surface area (TPSA) is 82.1 Å². The zero-order chi connectivity index (χ0) is 21.3.